The second-order valence-electron chi connectivity index (χ2n) is 4.70. The van der Waals surface area contributed by atoms with Crippen molar-refractivity contribution < 1.29 is 9.21 Å². The van der Waals surface area contributed by atoms with Crippen molar-refractivity contribution in [3.05, 3.63) is 64.7 Å². The molecule has 1 heterocycles. The monoisotopic (exact) mass is 280 g/mol. The Hall–Kier alpha value is -2.32. The minimum Gasteiger partial charge on any atom is -0.455 e. The largest absolute Gasteiger partial charge is 0.455 e. The third-order valence-corrected chi connectivity index (χ3v) is 3.87. The Kier molecular flexibility index (Phi) is 2.35. The maximum atomic E-state index is 11.9. The minimum atomic E-state index is 0.00890. The highest BCUT2D eigenvalue weighted by Crippen LogP contribution is 2.40. The summed E-state index contributed by atoms with van der Waals surface area (Å²) in [7, 11) is 0. The van der Waals surface area contributed by atoms with Gasteiger partial charge in [-0.25, -0.2) is 0 Å². The third-order valence-electron chi connectivity index (χ3n) is 3.54. The quantitative estimate of drug-likeness (QED) is 0.630. The zero-order chi connectivity index (χ0) is 13.7. The molecule has 1 aliphatic rings. The fourth-order valence-electron chi connectivity index (χ4n) is 2.63. The number of benzene rings is 2. The number of rotatable bonds is 1. The Labute approximate surface area is 120 Å². The van der Waals surface area contributed by atoms with Crippen molar-refractivity contribution >= 4 is 34.4 Å². The number of ketones is 1. The van der Waals surface area contributed by atoms with Crippen molar-refractivity contribution in [1.29, 1.82) is 0 Å². The van der Waals surface area contributed by atoms with Crippen LogP contribution in [0.3, 0.4) is 0 Å². The third kappa shape index (κ3) is 1.49. The first-order valence-electron chi connectivity index (χ1n) is 6.28. The zero-order valence-electron chi connectivity index (χ0n) is 10.4. The van der Waals surface area contributed by atoms with Crippen LogP contribution in [0.1, 0.15) is 15.9 Å². The van der Waals surface area contributed by atoms with Crippen LogP contribution in [0.4, 0.5) is 0 Å². The Morgan fingerprint density at radius 3 is 2.55 bits per heavy atom. The SMILES string of the molecule is O=C1C=Cc2c(-c3ccccc3Cl)oc3cccc1c23. The van der Waals surface area contributed by atoms with Gasteiger partial charge < -0.3 is 4.42 Å². The molecular weight excluding hydrogens is 272 g/mol. The van der Waals surface area contributed by atoms with Crippen LogP contribution in [-0.2, 0) is 0 Å². The Morgan fingerprint density at radius 1 is 0.900 bits per heavy atom. The predicted molar refractivity (Wildman–Crippen MR) is 80.0 cm³/mol. The van der Waals surface area contributed by atoms with Crippen molar-refractivity contribution in [3.8, 4) is 11.3 Å². The molecule has 0 saturated heterocycles. The molecule has 0 saturated carbocycles. The summed E-state index contributed by atoms with van der Waals surface area (Å²) in [6, 6.07) is 13.1. The lowest BCUT2D eigenvalue weighted by atomic mass is 9.95. The molecule has 2 aromatic carbocycles. The smallest absolute Gasteiger partial charge is 0.186 e. The summed E-state index contributed by atoms with van der Waals surface area (Å²) in [5.74, 6) is 0.719. The molecule has 3 aromatic rings. The van der Waals surface area contributed by atoms with Crippen LogP contribution in [0.5, 0.6) is 0 Å². The summed E-state index contributed by atoms with van der Waals surface area (Å²) >= 11 is 6.25. The Balaban J connectivity index is 2.12. The second-order valence-corrected chi connectivity index (χ2v) is 5.11. The number of hydrogen-bond acceptors (Lipinski definition) is 2. The van der Waals surface area contributed by atoms with Gasteiger partial charge in [-0.3, -0.25) is 4.79 Å². The first-order chi connectivity index (χ1) is 9.75. The van der Waals surface area contributed by atoms with Crippen LogP contribution in [0.15, 0.2) is 53.0 Å². The van der Waals surface area contributed by atoms with Crippen molar-refractivity contribution in [3.63, 3.8) is 0 Å². The maximum Gasteiger partial charge on any atom is 0.186 e. The van der Waals surface area contributed by atoms with E-state index >= 15 is 0 Å². The fraction of sp³-hybridized carbons (Fsp3) is 0. The maximum absolute atomic E-state index is 11.9. The van der Waals surface area contributed by atoms with Crippen molar-refractivity contribution in [2.24, 2.45) is 0 Å². The molecule has 96 valence electrons. The van der Waals surface area contributed by atoms with E-state index in [-0.39, 0.29) is 5.78 Å². The number of allylic oxidation sites excluding steroid dienone is 1. The normalized spacial score (nSPS) is 13.2. The lowest BCUT2D eigenvalue weighted by Crippen LogP contribution is -1.99. The molecule has 1 aliphatic carbocycles. The molecular formula is C17H9ClO2. The molecule has 0 amide bonds. The van der Waals surface area contributed by atoms with Gasteiger partial charge in [-0.15, -0.1) is 0 Å². The zero-order valence-corrected chi connectivity index (χ0v) is 11.1. The first-order valence-corrected chi connectivity index (χ1v) is 6.66. The van der Waals surface area contributed by atoms with Gasteiger partial charge in [0.15, 0.2) is 5.78 Å². The molecule has 0 radical (unpaired) electrons. The summed E-state index contributed by atoms with van der Waals surface area (Å²) in [4.78, 5) is 11.9. The predicted octanol–water partition coefficient (Wildman–Crippen LogP) is 4.96. The highest BCUT2D eigenvalue weighted by Gasteiger charge is 2.23. The number of halogens is 1. The molecule has 4 rings (SSSR count). The molecule has 0 fully saturated rings. The average molecular weight is 281 g/mol. The second kappa shape index (κ2) is 4.09. The molecule has 2 nitrogen and oxygen atoms in total. The summed E-state index contributed by atoms with van der Waals surface area (Å²) < 4.78 is 5.94. The van der Waals surface area contributed by atoms with Gasteiger partial charge >= 0.3 is 0 Å². The minimum absolute atomic E-state index is 0.00890. The van der Waals surface area contributed by atoms with Crippen LogP contribution >= 0.6 is 11.6 Å². The van der Waals surface area contributed by atoms with E-state index in [2.05, 4.69) is 0 Å². The van der Waals surface area contributed by atoms with E-state index in [1.807, 2.05) is 42.5 Å². The highest BCUT2D eigenvalue weighted by molar-refractivity contribution is 6.33. The van der Waals surface area contributed by atoms with Gasteiger partial charge in [0.05, 0.1) is 5.02 Å². The van der Waals surface area contributed by atoms with E-state index in [9.17, 15) is 4.79 Å². The van der Waals surface area contributed by atoms with Crippen molar-refractivity contribution in [2.45, 2.75) is 0 Å². The van der Waals surface area contributed by atoms with E-state index in [0.717, 1.165) is 16.5 Å². The van der Waals surface area contributed by atoms with E-state index in [1.165, 1.54) is 0 Å². The number of furan rings is 1. The summed E-state index contributed by atoms with van der Waals surface area (Å²) in [5.41, 5.74) is 3.15. The lowest BCUT2D eigenvalue weighted by Gasteiger charge is -2.06. The number of carbonyl (C=O) groups excluding carboxylic acids is 1. The molecule has 0 unspecified atom stereocenters. The van der Waals surface area contributed by atoms with Gasteiger partial charge in [-0.1, -0.05) is 35.9 Å². The van der Waals surface area contributed by atoms with E-state index in [1.54, 1.807) is 12.2 Å². The van der Waals surface area contributed by atoms with Gasteiger partial charge in [0.2, 0.25) is 0 Å². The van der Waals surface area contributed by atoms with Gasteiger partial charge in [0, 0.05) is 22.1 Å². The van der Waals surface area contributed by atoms with Crippen LogP contribution in [0, 0.1) is 0 Å². The molecule has 0 atom stereocenters. The molecule has 0 N–H and O–H groups in total. The van der Waals surface area contributed by atoms with Gasteiger partial charge in [-0.2, -0.15) is 0 Å². The van der Waals surface area contributed by atoms with Crippen molar-refractivity contribution in [1.82, 2.24) is 0 Å². The standard InChI is InChI=1S/C17H9ClO2/c18-13-6-2-1-4-10(13)17-12-8-9-14(19)11-5-3-7-15(20-17)16(11)12/h1-9H. The molecule has 0 spiro atoms. The number of hydrogen-bond donors (Lipinski definition) is 0. The number of carbonyl (C=O) groups is 1. The highest BCUT2D eigenvalue weighted by atomic mass is 35.5. The molecule has 0 aliphatic heterocycles. The van der Waals surface area contributed by atoms with E-state index in [0.29, 0.717) is 21.9 Å². The molecule has 0 bridgehead atoms. The van der Waals surface area contributed by atoms with Crippen LogP contribution < -0.4 is 0 Å². The van der Waals surface area contributed by atoms with Gasteiger partial charge in [0.25, 0.3) is 0 Å². The van der Waals surface area contributed by atoms with Crippen molar-refractivity contribution in [2.75, 3.05) is 0 Å². The molecule has 1 aromatic heterocycles. The summed E-state index contributed by atoms with van der Waals surface area (Å²) in [5, 5.41) is 1.50. The Morgan fingerprint density at radius 2 is 1.70 bits per heavy atom. The van der Waals surface area contributed by atoms with E-state index in [4.69, 9.17) is 16.0 Å². The summed E-state index contributed by atoms with van der Waals surface area (Å²) in [6.07, 6.45) is 3.38. The first kappa shape index (κ1) is 11.5. The van der Waals surface area contributed by atoms with Gasteiger partial charge in [-0.05, 0) is 30.4 Å². The average Bonchev–Trinajstić information content (AvgIpc) is 2.83. The molecule has 3 heteroatoms. The van der Waals surface area contributed by atoms with Gasteiger partial charge in [0.1, 0.15) is 11.3 Å². The summed E-state index contributed by atoms with van der Waals surface area (Å²) in [6.45, 7) is 0. The van der Waals surface area contributed by atoms with Crippen LogP contribution in [0.2, 0.25) is 5.02 Å². The molecule has 20 heavy (non-hydrogen) atoms. The lowest BCUT2D eigenvalue weighted by molar-refractivity contribution is 0.104. The van der Waals surface area contributed by atoms with Crippen LogP contribution in [-0.4, -0.2) is 5.78 Å². The fourth-order valence-corrected chi connectivity index (χ4v) is 2.85. The topological polar surface area (TPSA) is 30.2 Å². The van der Waals surface area contributed by atoms with E-state index < -0.39 is 0 Å². The van der Waals surface area contributed by atoms with Crippen LogP contribution in [0.25, 0.3) is 28.4 Å². The Bertz CT molecular complexity index is 887.